The van der Waals surface area contributed by atoms with E-state index in [2.05, 4.69) is 0 Å². The summed E-state index contributed by atoms with van der Waals surface area (Å²) >= 11 is 0. The summed E-state index contributed by atoms with van der Waals surface area (Å²) in [5.74, 6) is -1.89. The summed E-state index contributed by atoms with van der Waals surface area (Å²) < 4.78 is 23.5. The third-order valence-corrected chi connectivity index (χ3v) is 1.74. The lowest BCUT2D eigenvalue weighted by Gasteiger charge is -1.93. The van der Waals surface area contributed by atoms with Gasteiger partial charge in [-0.05, 0) is 12.3 Å². The van der Waals surface area contributed by atoms with Crippen LogP contribution in [0.15, 0.2) is 0 Å². The van der Waals surface area contributed by atoms with Crippen LogP contribution >= 0.6 is 0 Å². The molecule has 0 aliphatic heterocycles. The topological polar surface area (TPSA) is 37.3 Å². The molecular formula is C6H8F2O2. The van der Waals surface area contributed by atoms with Crippen LogP contribution in [0.3, 0.4) is 0 Å². The molecule has 58 valence electrons. The maximum absolute atomic E-state index is 11.7. The van der Waals surface area contributed by atoms with Crippen LogP contribution in [0.4, 0.5) is 8.78 Å². The zero-order valence-electron chi connectivity index (χ0n) is 5.26. The smallest absolute Gasteiger partial charge is 0.303 e. The van der Waals surface area contributed by atoms with Crippen molar-refractivity contribution >= 4 is 5.97 Å². The molecule has 1 rings (SSSR count). The molecule has 1 aliphatic rings. The van der Waals surface area contributed by atoms with E-state index in [0.29, 0.717) is 6.42 Å². The molecule has 0 aromatic rings. The van der Waals surface area contributed by atoms with E-state index < -0.39 is 18.3 Å². The Morgan fingerprint density at radius 1 is 1.70 bits per heavy atom. The van der Waals surface area contributed by atoms with E-state index in [9.17, 15) is 13.6 Å². The lowest BCUT2D eigenvalue weighted by molar-refractivity contribution is -0.137. The van der Waals surface area contributed by atoms with Crippen LogP contribution in [0, 0.1) is 11.8 Å². The number of carboxylic acids is 1. The average molecular weight is 150 g/mol. The zero-order chi connectivity index (χ0) is 7.72. The molecule has 4 heteroatoms. The van der Waals surface area contributed by atoms with Gasteiger partial charge in [-0.1, -0.05) is 0 Å². The Balaban J connectivity index is 2.19. The summed E-state index contributed by atoms with van der Waals surface area (Å²) in [6, 6.07) is 0. The number of carboxylic acid groups (broad SMARTS) is 1. The minimum Gasteiger partial charge on any atom is -0.481 e. The Morgan fingerprint density at radius 2 is 2.30 bits per heavy atom. The van der Waals surface area contributed by atoms with Gasteiger partial charge in [0.15, 0.2) is 0 Å². The van der Waals surface area contributed by atoms with Gasteiger partial charge in [0.1, 0.15) is 0 Å². The second-order valence-corrected chi connectivity index (χ2v) is 2.59. The highest BCUT2D eigenvalue weighted by Gasteiger charge is 2.44. The minimum absolute atomic E-state index is 0.102. The number of alkyl halides is 2. The molecule has 0 bridgehead atoms. The SMILES string of the molecule is O=C(O)CC1CC1C(F)F. The van der Waals surface area contributed by atoms with Crippen molar-refractivity contribution in [3.05, 3.63) is 0 Å². The Labute approximate surface area is 56.8 Å². The van der Waals surface area contributed by atoms with Gasteiger partial charge in [0.25, 0.3) is 0 Å². The highest BCUT2D eigenvalue weighted by Crippen LogP contribution is 2.45. The molecule has 0 aromatic carbocycles. The van der Waals surface area contributed by atoms with Crippen molar-refractivity contribution in [1.82, 2.24) is 0 Å². The maximum Gasteiger partial charge on any atom is 0.303 e. The van der Waals surface area contributed by atoms with E-state index in [1.54, 1.807) is 0 Å². The van der Waals surface area contributed by atoms with Gasteiger partial charge in [-0.25, -0.2) is 8.78 Å². The summed E-state index contributed by atoms with van der Waals surface area (Å²) in [5, 5.41) is 8.18. The van der Waals surface area contributed by atoms with Gasteiger partial charge < -0.3 is 5.11 Å². The molecule has 1 saturated carbocycles. The molecule has 0 heterocycles. The first-order valence-corrected chi connectivity index (χ1v) is 3.11. The second kappa shape index (κ2) is 2.52. The van der Waals surface area contributed by atoms with E-state index in [0.717, 1.165) is 0 Å². The predicted octanol–water partition coefficient (Wildman–Crippen LogP) is 1.36. The van der Waals surface area contributed by atoms with Crippen LogP contribution in [0.25, 0.3) is 0 Å². The largest absolute Gasteiger partial charge is 0.481 e. The van der Waals surface area contributed by atoms with Gasteiger partial charge in [-0.3, -0.25) is 4.79 Å². The summed E-state index contributed by atoms with van der Waals surface area (Å²) in [6.45, 7) is 0. The molecule has 10 heavy (non-hydrogen) atoms. The number of aliphatic carboxylic acids is 1. The fourth-order valence-electron chi connectivity index (χ4n) is 1.04. The zero-order valence-corrected chi connectivity index (χ0v) is 5.26. The second-order valence-electron chi connectivity index (χ2n) is 2.59. The first kappa shape index (κ1) is 7.44. The van der Waals surface area contributed by atoms with Crippen molar-refractivity contribution in [2.75, 3.05) is 0 Å². The van der Waals surface area contributed by atoms with Gasteiger partial charge in [0.05, 0.1) is 0 Å². The number of halogens is 2. The summed E-state index contributed by atoms with van der Waals surface area (Å²) in [4.78, 5) is 9.97. The minimum atomic E-state index is -2.33. The van der Waals surface area contributed by atoms with Crippen molar-refractivity contribution < 1.29 is 18.7 Å². The molecule has 0 radical (unpaired) electrons. The molecule has 0 aromatic heterocycles. The van der Waals surface area contributed by atoms with Crippen LogP contribution in [-0.4, -0.2) is 17.5 Å². The normalized spacial score (nSPS) is 30.7. The van der Waals surface area contributed by atoms with Crippen LogP contribution in [0.2, 0.25) is 0 Å². The standard InChI is InChI=1S/C6H8F2O2/c7-6(8)4-1-3(4)2-5(9)10/h3-4,6H,1-2H2,(H,9,10). The Bertz CT molecular complexity index is 147. The van der Waals surface area contributed by atoms with E-state index in [1.807, 2.05) is 0 Å². The molecular weight excluding hydrogens is 142 g/mol. The quantitative estimate of drug-likeness (QED) is 0.659. The number of hydrogen-bond donors (Lipinski definition) is 1. The molecule has 2 unspecified atom stereocenters. The third kappa shape index (κ3) is 1.65. The summed E-state index contributed by atoms with van der Waals surface area (Å²) in [5.41, 5.74) is 0. The average Bonchev–Trinajstić information content (AvgIpc) is 2.43. The van der Waals surface area contributed by atoms with Crippen LogP contribution in [0.1, 0.15) is 12.8 Å². The van der Waals surface area contributed by atoms with Crippen molar-refractivity contribution in [3.63, 3.8) is 0 Å². The first-order valence-electron chi connectivity index (χ1n) is 3.11. The molecule has 2 atom stereocenters. The number of hydrogen-bond acceptors (Lipinski definition) is 1. The molecule has 0 spiro atoms. The van der Waals surface area contributed by atoms with E-state index >= 15 is 0 Å². The molecule has 0 amide bonds. The fourth-order valence-corrected chi connectivity index (χ4v) is 1.04. The van der Waals surface area contributed by atoms with E-state index in [4.69, 9.17) is 5.11 Å². The number of carbonyl (C=O) groups is 1. The van der Waals surface area contributed by atoms with Gasteiger partial charge in [-0.2, -0.15) is 0 Å². The maximum atomic E-state index is 11.7. The number of rotatable bonds is 3. The van der Waals surface area contributed by atoms with E-state index in [-0.39, 0.29) is 12.3 Å². The van der Waals surface area contributed by atoms with Crippen LogP contribution < -0.4 is 0 Å². The van der Waals surface area contributed by atoms with E-state index in [1.165, 1.54) is 0 Å². The Morgan fingerprint density at radius 3 is 2.60 bits per heavy atom. The fraction of sp³-hybridized carbons (Fsp3) is 0.833. The van der Waals surface area contributed by atoms with Crippen molar-refractivity contribution in [2.45, 2.75) is 19.3 Å². The molecule has 1 fully saturated rings. The summed E-state index contributed by atoms with van der Waals surface area (Å²) in [7, 11) is 0. The summed E-state index contributed by atoms with van der Waals surface area (Å²) in [6.07, 6.45) is -2.05. The van der Waals surface area contributed by atoms with Gasteiger partial charge in [-0.15, -0.1) is 0 Å². The van der Waals surface area contributed by atoms with Crippen LogP contribution in [0.5, 0.6) is 0 Å². The lowest BCUT2D eigenvalue weighted by atomic mass is 10.2. The Hall–Kier alpha value is -0.670. The Kier molecular flexibility index (Phi) is 1.87. The molecule has 2 nitrogen and oxygen atoms in total. The predicted molar refractivity (Wildman–Crippen MR) is 29.9 cm³/mol. The monoisotopic (exact) mass is 150 g/mol. The van der Waals surface area contributed by atoms with Gasteiger partial charge in [0, 0.05) is 12.3 Å². The highest BCUT2D eigenvalue weighted by molar-refractivity contribution is 5.67. The van der Waals surface area contributed by atoms with Crippen molar-refractivity contribution in [3.8, 4) is 0 Å². The molecule has 0 saturated heterocycles. The molecule has 1 aliphatic carbocycles. The van der Waals surface area contributed by atoms with Crippen molar-refractivity contribution in [1.29, 1.82) is 0 Å². The first-order chi connectivity index (χ1) is 4.61. The molecule has 1 N–H and O–H groups in total. The van der Waals surface area contributed by atoms with Gasteiger partial charge >= 0.3 is 5.97 Å². The van der Waals surface area contributed by atoms with Crippen LogP contribution in [-0.2, 0) is 4.79 Å². The van der Waals surface area contributed by atoms with Crippen molar-refractivity contribution in [2.24, 2.45) is 11.8 Å². The van der Waals surface area contributed by atoms with Gasteiger partial charge in [0.2, 0.25) is 6.43 Å². The highest BCUT2D eigenvalue weighted by atomic mass is 19.3. The lowest BCUT2D eigenvalue weighted by Crippen LogP contribution is -2.01. The third-order valence-electron chi connectivity index (χ3n) is 1.74.